The zero-order chi connectivity index (χ0) is 74.2. The van der Waals surface area contributed by atoms with Gasteiger partial charge in [0.15, 0.2) is 0 Å². The van der Waals surface area contributed by atoms with E-state index in [9.17, 15) is 63.5 Å². The fourth-order valence-corrected chi connectivity index (χ4v) is 11.9. The van der Waals surface area contributed by atoms with Crippen molar-refractivity contribution in [3.63, 3.8) is 0 Å². The fourth-order valence-electron chi connectivity index (χ4n) is 11.2. The molecule has 30 heteroatoms. The van der Waals surface area contributed by atoms with Crippen molar-refractivity contribution >= 4 is 106 Å². The summed E-state index contributed by atoms with van der Waals surface area (Å²) in [6.45, 7) is 26.1. The van der Waals surface area contributed by atoms with Gasteiger partial charge in [0.2, 0.25) is 0 Å². The molecule has 6 atom stereocenters. The summed E-state index contributed by atoms with van der Waals surface area (Å²) in [6.07, 6.45) is -8.37. The third kappa shape index (κ3) is 25.9. The highest BCUT2D eigenvalue weighted by molar-refractivity contribution is 9.10. The Morgan fingerprint density at radius 1 is 0.525 bits per heavy atom. The Morgan fingerprint density at radius 3 is 1.34 bits per heavy atom. The standard InChI is InChI=1S/C24H30F3N3O4.C21H26F3N3O2.C11H22N2O2.C10H5BrF3N.C3H5BrO2/c1-15-11-16(30(14-20(31)33-5)22(32)34-23(2,3)4)13-29(12-15)19-9-8-18(24(25,26)27)21-17(19)7-6-10-28-21;1-13-10-14(26-19(28)29-20(2,3)4)12-27(11-13)17-8-7-16(21(22,23)24)18-15(17)6-5-9-25-18;1-8-5-9(7-12-6-8)13-10(14)15-11(2,3)4;11-8-4-3-7(10(12,13)14)9-6(8)2-1-5-15-9;1-6-3(5)2-4/h6-10,15-16H,11-14H2,1-5H3;5-9,13-14H,10-12H2,1-4H3,(H,26,28);8-9,12H,5-7H2,1-4H3,(H,13,14);1-5H;2H2,1H3/t15-,16+;13-,14+;8-,9+;;/m000../s1. The van der Waals surface area contributed by atoms with Crippen molar-refractivity contribution in [3.8, 4) is 0 Å². The van der Waals surface area contributed by atoms with Gasteiger partial charge in [0, 0.05) is 95.4 Å². The minimum absolute atomic E-state index is 0.0284. The molecule has 3 fully saturated rings. The Kier molecular flexibility index (Phi) is 29.2. The Morgan fingerprint density at radius 2 is 0.929 bits per heavy atom. The molecule has 0 radical (unpaired) electrons. The zero-order valence-corrected chi connectivity index (χ0v) is 61.0. The molecule has 3 aliphatic heterocycles. The lowest BCUT2D eigenvalue weighted by Gasteiger charge is -2.43. The Bertz CT molecular complexity index is 3690. The normalized spacial score (nSPS) is 19.0. The molecule has 3 N–H and O–H groups in total. The van der Waals surface area contributed by atoms with Gasteiger partial charge in [-0.25, -0.2) is 14.4 Å². The Balaban J connectivity index is 0.000000244. The van der Waals surface area contributed by atoms with Gasteiger partial charge in [-0.2, -0.15) is 39.5 Å². The number of esters is 2. The first kappa shape index (κ1) is 82.2. The molecule has 3 amide bonds. The lowest BCUT2D eigenvalue weighted by molar-refractivity contribution is -0.142. The highest BCUT2D eigenvalue weighted by Gasteiger charge is 2.40. The molecule has 3 aliphatic rings. The number of piperidine rings is 3. The van der Waals surface area contributed by atoms with Crippen LogP contribution in [0.4, 0.5) is 65.3 Å². The van der Waals surface area contributed by atoms with Crippen molar-refractivity contribution in [1.82, 2.24) is 35.8 Å². The monoisotopic (exact) mass is 1530 g/mol. The second-order valence-electron chi connectivity index (χ2n) is 27.3. The lowest BCUT2D eigenvalue weighted by atomic mass is 9.93. The first-order chi connectivity index (χ1) is 45.9. The average Bonchev–Trinajstić information content (AvgIpc) is 0.881. The molecular weight excluding hydrogens is 1450 g/mol. The van der Waals surface area contributed by atoms with Crippen LogP contribution in [0.2, 0.25) is 0 Å². The number of pyridine rings is 3. The van der Waals surface area contributed by atoms with Crippen molar-refractivity contribution in [3.05, 3.63) is 113 Å². The van der Waals surface area contributed by atoms with E-state index >= 15 is 0 Å². The number of fused-ring (bicyclic) bond motifs is 3. The van der Waals surface area contributed by atoms with E-state index in [1.54, 1.807) is 77.9 Å². The molecule has 99 heavy (non-hydrogen) atoms. The maximum atomic E-state index is 13.5. The Labute approximate surface area is 587 Å². The number of ether oxygens (including phenoxy) is 5. The third-order valence-electron chi connectivity index (χ3n) is 15.0. The minimum Gasteiger partial charge on any atom is -0.468 e. The van der Waals surface area contributed by atoms with E-state index in [1.807, 2.05) is 37.5 Å². The van der Waals surface area contributed by atoms with Gasteiger partial charge in [0.05, 0.1) is 53.5 Å². The van der Waals surface area contributed by atoms with E-state index < -0.39 is 76.2 Å². The predicted octanol–water partition coefficient (Wildman–Crippen LogP) is 16.0. The summed E-state index contributed by atoms with van der Waals surface area (Å²) in [7, 11) is 2.59. The van der Waals surface area contributed by atoms with Crippen molar-refractivity contribution < 1.29 is 87.2 Å². The number of nitrogens with one attached hydrogen (secondary N) is 3. The number of nitrogens with zero attached hydrogens (tertiary/aromatic N) is 6. The fraction of sp³-hybridized carbons (Fsp3) is 0.536. The molecule has 0 aliphatic carbocycles. The molecule has 3 aromatic heterocycles. The summed E-state index contributed by atoms with van der Waals surface area (Å²) in [5, 5.41) is 10.6. The van der Waals surface area contributed by atoms with Gasteiger partial charge in [-0.15, -0.1) is 0 Å². The number of rotatable bonds is 8. The topological polar surface area (TPSA) is 216 Å². The second-order valence-corrected chi connectivity index (χ2v) is 28.7. The lowest BCUT2D eigenvalue weighted by Crippen LogP contribution is -2.55. The van der Waals surface area contributed by atoms with Crippen molar-refractivity contribution in [2.24, 2.45) is 17.8 Å². The number of benzene rings is 3. The molecule has 3 saturated heterocycles. The van der Waals surface area contributed by atoms with Gasteiger partial charge in [0.25, 0.3) is 0 Å². The van der Waals surface area contributed by atoms with E-state index in [-0.39, 0.29) is 64.4 Å². The number of hydrogen-bond donors (Lipinski definition) is 3. The summed E-state index contributed by atoms with van der Waals surface area (Å²) in [6, 6.07) is 16.8. The van der Waals surface area contributed by atoms with Gasteiger partial charge >= 0.3 is 48.7 Å². The quantitative estimate of drug-likeness (QED) is 0.0559. The number of carbonyl (C=O) groups is 5. The Hall–Kier alpha value is -7.47. The van der Waals surface area contributed by atoms with Gasteiger partial charge in [-0.05, 0) is 173 Å². The van der Waals surface area contributed by atoms with Crippen LogP contribution in [-0.4, -0.2) is 150 Å². The van der Waals surface area contributed by atoms with Gasteiger partial charge in [0.1, 0.15) is 28.7 Å². The highest BCUT2D eigenvalue weighted by Crippen LogP contribution is 2.41. The zero-order valence-electron chi connectivity index (χ0n) is 57.8. The largest absolute Gasteiger partial charge is 0.468 e. The molecule has 0 unspecified atom stereocenters. The molecule has 9 rings (SSSR count). The van der Waals surface area contributed by atoms with Crippen LogP contribution in [0.15, 0.2) is 95.9 Å². The molecule has 0 saturated carbocycles. The van der Waals surface area contributed by atoms with Crippen LogP contribution >= 0.6 is 31.9 Å². The van der Waals surface area contributed by atoms with Crippen molar-refractivity contribution in [2.75, 3.05) is 75.2 Å². The molecule has 19 nitrogen and oxygen atoms in total. The van der Waals surface area contributed by atoms with Crippen LogP contribution < -0.4 is 25.8 Å². The van der Waals surface area contributed by atoms with E-state index in [4.69, 9.17) is 18.9 Å². The number of aromatic nitrogens is 3. The second kappa shape index (κ2) is 35.2. The van der Waals surface area contributed by atoms with Crippen LogP contribution in [0.5, 0.6) is 0 Å². The molecule has 0 bridgehead atoms. The van der Waals surface area contributed by atoms with Gasteiger partial charge in [-0.1, -0.05) is 58.7 Å². The molecule has 3 aromatic carbocycles. The predicted molar refractivity (Wildman–Crippen MR) is 367 cm³/mol. The number of amides is 3. The molecule has 0 spiro atoms. The maximum Gasteiger partial charge on any atom is 0.418 e. The van der Waals surface area contributed by atoms with Crippen LogP contribution in [-0.2, 0) is 51.8 Å². The smallest absolute Gasteiger partial charge is 0.418 e. The van der Waals surface area contributed by atoms with Gasteiger partial charge in [-0.3, -0.25) is 29.4 Å². The number of hydrogen-bond acceptors (Lipinski definition) is 16. The first-order valence-electron chi connectivity index (χ1n) is 31.8. The molecule has 6 heterocycles. The molecule has 546 valence electrons. The summed E-state index contributed by atoms with van der Waals surface area (Å²) in [5.41, 5.74) is -2.97. The van der Waals surface area contributed by atoms with E-state index in [0.717, 1.165) is 44.1 Å². The maximum absolute atomic E-state index is 13.5. The number of methoxy groups -OCH3 is 2. The SMILES string of the molecule is COC(=O)CBr.COC(=O)CN(C(=O)OC(C)(C)C)[C@@H]1C[C@H](C)CN(c2ccc(C(F)(F)F)c3ncccc23)C1.C[C@@H]1CNC[C@H](NC(=O)OC(C)(C)C)C1.C[C@H]1C[C@@H](NC(=O)OC(C)(C)C)CN(c2ccc(C(F)(F)F)c3ncccc23)C1.FC(F)(F)c1ccc(Br)c2cccnc12. The number of carbonyl (C=O) groups excluding carboxylic acids is 5. The minimum atomic E-state index is -4.53. The third-order valence-corrected chi connectivity index (χ3v) is 16.2. The summed E-state index contributed by atoms with van der Waals surface area (Å²) in [4.78, 5) is 75.6. The first-order valence-corrected chi connectivity index (χ1v) is 33.7. The van der Waals surface area contributed by atoms with E-state index in [2.05, 4.69) is 81.3 Å². The van der Waals surface area contributed by atoms with Crippen LogP contribution in [0.3, 0.4) is 0 Å². The van der Waals surface area contributed by atoms with Crippen LogP contribution in [0.25, 0.3) is 32.7 Å². The number of halogens is 11. The number of alkyl carbamates (subject to hydrolysis) is 2. The van der Waals surface area contributed by atoms with Crippen LogP contribution in [0.1, 0.15) is 119 Å². The summed E-state index contributed by atoms with van der Waals surface area (Å²) in [5.74, 6) is 0.126. The van der Waals surface area contributed by atoms with Crippen molar-refractivity contribution in [1.29, 1.82) is 0 Å². The summed E-state index contributed by atoms with van der Waals surface area (Å²) >= 11 is 6.09. The average molecular weight is 1530 g/mol. The summed E-state index contributed by atoms with van der Waals surface area (Å²) < 4.78 is 144. The number of anilines is 2. The van der Waals surface area contributed by atoms with Crippen molar-refractivity contribution in [2.45, 2.75) is 156 Å². The highest BCUT2D eigenvalue weighted by atomic mass is 79.9. The molecular formula is C69H88Br2F9N9O10. The van der Waals surface area contributed by atoms with E-state index in [1.165, 1.54) is 55.9 Å². The van der Waals surface area contributed by atoms with Crippen LogP contribution in [0, 0.1) is 17.8 Å². The molecule has 6 aromatic rings. The van der Waals surface area contributed by atoms with E-state index in [0.29, 0.717) is 70.5 Å². The van der Waals surface area contributed by atoms with Gasteiger partial charge < -0.3 is 49.4 Å². The number of alkyl halides is 10.